The highest BCUT2D eigenvalue weighted by Gasteiger charge is 2.61. The molecular formula is C30H26N2O6S. The molecule has 1 saturated carbocycles. The van der Waals surface area contributed by atoms with Crippen molar-refractivity contribution >= 4 is 27.4 Å². The summed E-state index contributed by atoms with van der Waals surface area (Å²) in [6, 6.07) is 19.6. The largest absolute Gasteiger partial charge is 0.493 e. The van der Waals surface area contributed by atoms with E-state index >= 15 is 0 Å². The highest BCUT2D eigenvalue weighted by Crippen LogP contribution is 2.61. The number of benzene rings is 3. The van der Waals surface area contributed by atoms with E-state index in [1.54, 1.807) is 42.5 Å². The number of nitriles is 1. The Labute approximate surface area is 226 Å². The quantitative estimate of drug-likeness (QED) is 0.420. The van der Waals surface area contributed by atoms with E-state index in [0.717, 1.165) is 28.5 Å². The summed E-state index contributed by atoms with van der Waals surface area (Å²) in [5.74, 6) is -0.780. The van der Waals surface area contributed by atoms with Crippen molar-refractivity contribution < 1.29 is 27.9 Å². The van der Waals surface area contributed by atoms with Crippen LogP contribution in [-0.2, 0) is 31.3 Å². The molecule has 5 rings (SSSR count). The second kappa shape index (κ2) is 10.0. The number of aliphatic carboxylic acids is 1. The van der Waals surface area contributed by atoms with Gasteiger partial charge in [-0.1, -0.05) is 30.3 Å². The van der Waals surface area contributed by atoms with Gasteiger partial charge in [-0.3, -0.25) is 4.79 Å². The summed E-state index contributed by atoms with van der Waals surface area (Å²) >= 11 is 0. The molecule has 3 aromatic carbocycles. The molecule has 0 unspecified atom stereocenters. The number of carbonyl (C=O) groups is 2. The number of rotatable bonds is 7. The van der Waals surface area contributed by atoms with Crippen molar-refractivity contribution in [1.29, 1.82) is 5.26 Å². The van der Waals surface area contributed by atoms with E-state index in [1.807, 2.05) is 18.2 Å². The Morgan fingerprint density at radius 2 is 1.87 bits per heavy atom. The summed E-state index contributed by atoms with van der Waals surface area (Å²) in [5, 5.41) is 21.2. The van der Waals surface area contributed by atoms with Crippen LogP contribution in [0.1, 0.15) is 29.5 Å². The van der Waals surface area contributed by atoms with Gasteiger partial charge in [-0.15, -0.1) is 0 Å². The summed E-state index contributed by atoms with van der Waals surface area (Å²) < 4.78 is 29.6. The average Bonchev–Trinajstić information content (AvgIpc) is 3.63. The molecule has 1 aliphatic heterocycles. The van der Waals surface area contributed by atoms with Crippen LogP contribution in [0.2, 0.25) is 0 Å². The van der Waals surface area contributed by atoms with E-state index in [4.69, 9.17) is 9.84 Å². The topological polar surface area (TPSA) is 134 Å². The standard InChI is InChI=1S/C30H26N2O6S/c1-39(36,37)23-10-7-20(8-11-23)22-9-12-27-24(16-22)30(13-14-38-27)17-25(30)29(35)32-26-15-19(18-31)5-6-21(26)3-2-4-28(33)34/h2,4-12,15-16,25H,3,13-14,17H2,1H3,(H,32,35)(H,33,34)/t25-,30-/m0/s1. The molecule has 0 radical (unpaired) electrons. The lowest BCUT2D eigenvalue weighted by molar-refractivity contribution is -0.131. The number of carbonyl (C=O) groups excluding carboxylic acids is 1. The van der Waals surface area contributed by atoms with E-state index in [9.17, 15) is 23.3 Å². The van der Waals surface area contributed by atoms with Crippen LogP contribution in [0.25, 0.3) is 11.1 Å². The molecule has 1 fully saturated rings. The normalized spacial score (nSPS) is 19.6. The van der Waals surface area contributed by atoms with Gasteiger partial charge in [-0.2, -0.15) is 5.26 Å². The molecule has 0 bridgehead atoms. The van der Waals surface area contributed by atoms with Gasteiger partial charge >= 0.3 is 5.97 Å². The number of nitrogens with one attached hydrogen (secondary N) is 1. The van der Waals surface area contributed by atoms with Gasteiger partial charge in [0.05, 0.1) is 23.1 Å². The lowest BCUT2D eigenvalue weighted by atomic mass is 9.85. The molecule has 1 aliphatic carbocycles. The zero-order chi connectivity index (χ0) is 27.8. The van der Waals surface area contributed by atoms with Crippen LogP contribution in [0.4, 0.5) is 5.69 Å². The maximum Gasteiger partial charge on any atom is 0.327 e. The second-order valence-electron chi connectivity index (χ2n) is 9.94. The second-order valence-corrected chi connectivity index (χ2v) is 12.0. The van der Waals surface area contributed by atoms with Gasteiger partial charge < -0.3 is 15.2 Å². The van der Waals surface area contributed by atoms with Crippen LogP contribution in [0.15, 0.2) is 77.7 Å². The van der Waals surface area contributed by atoms with Gasteiger partial charge in [0.2, 0.25) is 5.91 Å². The summed E-state index contributed by atoms with van der Waals surface area (Å²) in [7, 11) is -3.30. The Balaban J connectivity index is 1.40. The number of hydrogen-bond donors (Lipinski definition) is 2. The van der Waals surface area contributed by atoms with Crippen LogP contribution in [0.3, 0.4) is 0 Å². The van der Waals surface area contributed by atoms with Gasteiger partial charge in [-0.25, -0.2) is 13.2 Å². The molecular weight excluding hydrogens is 516 g/mol. The van der Waals surface area contributed by atoms with Crippen LogP contribution < -0.4 is 10.1 Å². The van der Waals surface area contributed by atoms with Gasteiger partial charge in [0.15, 0.2) is 9.84 Å². The third kappa shape index (κ3) is 5.29. The van der Waals surface area contributed by atoms with Crippen LogP contribution >= 0.6 is 0 Å². The molecule has 8 nitrogen and oxygen atoms in total. The number of nitrogens with zero attached hydrogens (tertiary/aromatic N) is 1. The Kier molecular flexibility index (Phi) is 6.74. The third-order valence-electron chi connectivity index (χ3n) is 7.42. The Bertz CT molecular complexity index is 1650. The van der Waals surface area contributed by atoms with Crippen molar-refractivity contribution in [2.24, 2.45) is 5.92 Å². The van der Waals surface area contributed by atoms with E-state index < -0.39 is 15.8 Å². The SMILES string of the molecule is CS(=O)(=O)c1ccc(-c2ccc3c(c2)[C@]2(CCO3)C[C@H]2C(=O)Nc2cc(C#N)ccc2CC=CC(=O)O)cc1. The lowest BCUT2D eigenvalue weighted by Gasteiger charge is -2.27. The minimum atomic E-state index is -3.30. The fraction of sp³-hybridized carbons (Fsp3) is 0.233. The number of ether oxygens (including phenoxy) is 1. The molecule has 9 heteroatoms. The molecule has 198 valence electrons. The van der Waals surface area contributed by atoms with Crippen molar-refractivity contribution in [3.05, 3.63) is 89.5 Å². The number of allylic oxidation sites excluding steroid dienone is 1. The number of carboxylic acid groups (broad SMARTS) is 1. The van der Waals surface area contributed by atoms with E-state index in [1.165, 1.54) is 12.3 Å². The maximum atomic E-state index is 13.5. The number of fused-ring (bicyclic) bond motifs is 2. The smallest absolute Gasteiger partial charge is 0.327 e. The first-order chi connectivity index (χ1) is 18.6. The van der Waals surface area contributed by atoms with Gasteiger partial charge in [0.1, 0.15) is 5.75 Å². The predicted octanol–water partition coefficient (Wildman–Crippen LogP) is 4.49. The summed E-state index contributed by atoms with van der Waals surface area (Å²) in [4.78, 5) is 24.6. The average molecular weight is 543 g/mol. The zero-order valence-electron chi connectivity index (χ0n) is 21.2. The molecule has 3 aromatic rings. The number of anilines is 1. The highest BCUT2D eigenvalue weighted by molar-refractivity contribution is 7.90. The minimum Gasteiger partial charge on any atom is -0.493 e. The molecule has 2 N–H and O–H groups in total. The van der Waals surface area contributed by atoms with Crippen molar-refractivity contribution in [3.63, 3.8) is 0 Å². The first kappa shape index (κ1) is 26.2. The van der Waals surface area contributed by atoms with Crippen LogP contribution in [-0.4, -0.2) is 38.3 Å². The summed E-state index contributed by atoms with van der Waals surface area (Å²) in [5.41, 5.74) is 3.93. The molecule has 2 atom stereocenters. The molecule has 0 saturated heterocycles. The molecule has 0 aromatic heterocycles. The summed E-state index contributed by atoms with van der Waals surface area (Å²) in [6.07, 6.45) is 5.34. The van der Waals surface area contributed by atoms with Gasteiger partial charge in [0, 0.05) is 34.9 Å². The Morgan fingerprint density at radius 1 is 1.13 bits per heavy atom. The number of hydrogen-bond acceptors (Lipinski definition) is 6. The number of carboxylic acids is 1. The Morgan fingerprint density at radius 3 is 2.56 bits per heavy atom. The number of amides is 1. The van der Waals surface area contributed by atoms with Crippen molar-refractivity contribution in [3.8, 4) is 22.9 Å². The third-order valence-corrected chi connectivity index (χ3v) is 8.55. The van der Waals surface area contributed by atoms with Crippen LogP contribution in [0, 0.1) is 17.2 Å². The van der Waals surface area contributed by atoms with Crippen molar-refractivity contribution in [2.75, 3.05) is 18.2 Å². The molecule has 1 heterocycles. The van der Waals surface area contributed by atoms with E-state index in [0.29, 0.717) is 42.7 Å². The first-order valence-corrected chi connectivity index (χ1v) is 14.3. The van der Waals surface area contributed by atoms with Gasteiger partial charge in [-0.05, 0) is 72.4 Å². The predicted molar refractivity (Wildman–Crippen MR) is 145 cm³/mol. The maximum absolute atomic E-state index is 13.5. The van der Waals surface area contributed by atoms with Crippen molar-refractivity contribution in [1.82, 2.24) is 0 Å². The van der Waals surface area contributed by atoms with E-state index in [-0.39, 0.29) is 22.1 Å². The van der Waals surface area contributed by atoms with Crippen molar-refractivity contribution in [2.45, 2.75) is 29.6 Å². The fourth-order valence-electron chi connectivity index (χ4n) is 5.27. The fourth-order valence-corrected chi connectivity index (χ4v) is 5.90. The monoisotopic (exact) mass is 542 g/mol. The zero-order valence-corrected chi connectivity index (χ0v) is 22.0. The van der Waals surface area contributed by atoms with Crippen LogP contribution in [0.5, 0.6) is 5.75 Å². The molecule has 39 heavy (non-hydrogen) atoms. The molecule has 1 amide bonds. The number of sulfone groups is 1. The van der Waals surface area contributed by atoms with Gasteiger partial charge in [0.25, 0.3) is 0 Å². The molecule has 1 spiro atoms. The highest BCUT2D eigenvalue weighted by atomic mass is 32.2. The molecule has 2 aliphatic rings. The lowest BCUT2D eigenvalue weighted by Crippen LogP contribution is -2.27. The summed E-state index contributed by atoms with van der Waals surface area (Å²) in [6.45, 7) is 0.494. The Hall–Kier alpha value is -4.42. The first-order valence-electron chi connectivity index (χ1n) is 12.4. The van der Waals surface area contributed by atoms with E-state index in [2.05, 4.69) is 11.4 Å². The minimum absolute atomic E-state index is 0.163.